The monoisotopic (exact) mass is 253 g/mol. The molecule has 1 aliphatic rings. The summed E-state index contributed by atoms with van der Waals surface area (Å²) in [5, 5.41) is 7.54. The molecule has 1 aliphatic heterocycles. The van der Waals surface area contributed by atoms with Crippen LogP contribution in [0.25, 0.3) is 0 Å². The Morgan fingerprint density at radius 2 is 2.00 bits per heavy atom. The third-order valence-corrected chi connectivity index (χ3v) is 2.90. The lowest BCUT2D eigenvalue weighted by Gasteiger charge is -2.28. The maximum absolute atomic E-state index is 11.9. The maximum atomic E-state index is 11.9. The fourth-order valence-electron chi connectivity index (χ4n) is 1.90. The minimum atomic E-state index is -4.37. The van der Waals surface area contributed by atoms with Crippen molar-refractivity contribution in [3.8, 4) is 0 Å². The lowest BCUT2D eigenvalue weighted by Crippen LogP contribution is -2.48. The van der Waals surface area contributed by atoms with E-state index in [0.29, 0.717) is 5.92 Å². The van der Waals surface area contributed by atoms with Gasteiger partial charge in [0.1, 0.15) is 6.54 Å². The third kappa shape index (κ3) is 5.76. The molecule has 1 saturated heterocycles. The molecule has 0 bridgehead atoms. The molecule has 7 heteroatoms. The zero-order chi connectivity index (χ0) is 12.9. The van der Waals surface area contributed by atoms with Crippen molar-refractivity contribution in [2.45, 2.75) is 32.0 Å². The van der Waals surface area contributed by atoms with Crippen LogP contribution < -0.4 is 16.0 Å². The molecule has 4 nitrogen and oxygen atoms in total. The summed E-state index contributed by atoms with van der Waals surface area (Å²) < 4.78 is 35.6. The average molecular weight is 253 g/mol. The summed E-state index contributed by atoms with van der Waals surface area (Å²) in [5.74, 6) is 0.327. The molecule has 0 spiro atoms. The van der Waals surface area contributed by atoms with Crippen LogP contribution in [-0.4, -0.2) is 37.9 Å². The Bertz CT molecular complexity index is 252. The Labute approximate surface area is 98.3 Å². The van der Waals surface area contributed by atoms with Gasteiger partial charge in [0.2, 0.25) is 0 Å². The molecular weight excluding hydrogens is 235 g/mol. The summed E-state index contributed by atoms with van der Waals surface area (Å²) in [6, 6.07) is -0.862. The van der Waals surface area contributed by atoms with E-state index in [2.05, 4.69) is 10.6 Å². The molecular formula is C10H18F3N3O. The molecule has 17 heavy (non-hydrogen) atoms. The van der Waals surface area contributed by atoms with Gasteiger partial charge in [0.25, 0.3) is 0 Å². The van der Waals surface area contributed by atoms with E-state index in [1.807, 2.05) is 6.92 Å². The lowest BCUT2D eigenvalue weighted by atomic mass is 9.91. The number of amides is 2. The van der Waals surface area contributed by atoms with E-state index in [1.54, 1.807) is 5.32 Å². The highest BCUT2D eigenvalue weighted by atomic mass is 19.4. The standard InChI is InChI=1S/C10H18F3N3O/c1-7(8-2-4-14-5-3-8)16-9(17)15-6-10(11,12)13/h7-8,14H,2-6H2,1H3,(H2,15,16,17). The van der Waals surface area contributed by atoms with Gasteiger partial charge in [-0.1, -0.05) is 0 Å². The quantitative estimate of drug-likeness (QED) is 0.708. The predicted octanol–water partition coefficient (Wildman–Crippen LogP) is 1.24. The van der Waals surface area contributed by atoms with Gasteiger partial charge in [0, 0.05) is 6.04 Å². The molecule has 0 aliphatic carbocycles. The molecule has 2 amide bonds. The molecule has 1 heterocycles. The van der Waals surface area contributed by atoms with Crippen LogP contribution in [0.15, 0.2) is 0 Å². The van der Waals surface area contributed by atoms with Gasteiger partial charge in [-0.25, -0.2) is 4.79 Å². The van der Waals surface area contributed by atoms with E-state index in [9.17, 15) is 18.0 Å². The van der Waals surface area contributed by atoms with Gasteiger partial charge < -0.3 is 16.0 Å². The van der Waals surface area contributed by atoms with E-state index < -0.39 is 18.8 Å². The lowest BCUT2D eigenvalue weighted by molar-refractivity contribution is -0.122. The number of urea groups is 1. The summed E-state index contributed by atoms with van der Waals surface area (Å²) in [6.07, 6.45) is -2.50. The number of alkyl halides is 3. The number of hydrogen-bond donors (Lipinski definition) is 3. The number of nitrogens with one attached hydrogen (secondary N) is 3. The first-order chi connectivity index (χ1) is 7.88. The zero-order valence-corrected chi connectivity index (χ0v) is 9.73. The van der Waals surface area contributed by atoms with Crippen LogP contribution >= 0.6 is 0 Å². The average Bonchev–Trinajstić information content (AvgIpc) is 2.27. The van der Waals surface area contributed by atoms with Crippen molar-refractivity contribution in [3.05, 3.63) is 0 Å². The number of hydrogen-bond acceptors (Lipinski definition) is 2. The first-order valence-electron chi connectivity index (χ1n) is 5.70. The summed E-state index contributed by atoms with van der Waals surface area (Å²) in [5.41, 5.74) is 0. The fourth-order valence-corrected chi connectivity index (χ4v) is 1.90. The van der Waals surface area contributed by atoms with E-state index in [1.165, 1.54) is 0 Å². The van der Waals surface area contributed by atoms with Gasteiger partial charge in [-0.05, 0) is 38.8 Å². The Kier molecular flexibility index (Phi) is 5.04. The van der Waals surface area contributed by atoms with Crippen LogP contribution in [0, 0.1) is 5.92 Å². The van der Waals surface area contributed by atoms with Crippen molar-refractivity contribution in [2.24, 2.45) is 5.92 Å². The molecule has 0 aromatic heterocycles. The van der Waals surface area contributed by atoms with Crippen molar-refractivity contribution in [2.75, 3.05) is 19.6 Å². The number of carbonyl (C=O) groups is 1. The van der Waals surface area contributed by atoms with Gasteiger partial charge in [-0.3, -0.25) is 0 Å². The Morgan fingerprint density at radius 1 is 1.41 bits per heavy atom. The molecule has 0 radical (unpaired) electrons. The molecule has 3 N–H and O–H groups in total. The molecule has 1 unspecified atom stereocenters. The fraction of sp³-hybridized carbons (Fsp3) is 0.900. The van der Waals surface area contributed by atoms with Crippen molar-refractivity contribution >= 4 is 6.03 Å². The normalized spacial score (nSPS) is 19.8. The second kappa shape index (κ2) is 6.09. The second-order valence-corrected chi connectivity index (χ2v) is 4.32. The van der Waals surface area contributed by atoms with Crippen molar-refractivity contribution in [3.63, 3.8) is 0 Å². The van der Waals surface area contributed by atoms with Gasteiger partial charge in [-0.2, -0.15) is 13.2 Å². The van der Waals surface area contributed by atoms with Crippen LogP contribution in [0.1, 0.15) is 19.8 Å². The molecule has 0 saturated carbocycles. The first-order valence-corrected chi connectivity index (χ1v) is 5.70. The summed E-state index contributed by atoms with van der Waals surface area (Å²) in [6.45, 7) is 2.31. The minimum absolute atomic E-state index is 0.106. The zero-order valence-electron chi connectivity index (χ0n) is 9.73. The van der Waals surface area contributed by atoms with Crippen molar-refractivity contribution in [1.82, 2.24) is 16.0 Å². The van der Waals surface area contributed by atoms with E-state index in [0.717, 1.165) is 25.9 Å². The molecule has 0 aromatic rings. The smallest absolute Gasteiger partial charge is 0.335 e. The summed E-state index contributed by atoms with van der Waals surface area (Å²) in [7, 11) is 0. The topological polar surface area (TPSA) is 53.2 Å². The minimum Gasteiger partial charge on any atom is -0.335 e. The third-order valence-electron chi connectivity index (χ3n) is 2.90. The predicted molar refractivity (Wildman–Crippen MR) is 57.6 cm³/mol. The SMILES string of the molecule is CC(NC(=O)NCC(F)(F)F)C1CCNCC1. The maximum Gasteiger partial charge on any atom is 0.405 e. The first kappa shape index (κ1) is 14.1. The number of piperidine rings is 1. The van der Waals surface area contributed by atoms with Crippen molar-refractivity contribution in [1.29, 1.82) is 0 Å². The highest BCUT2D eigenvalue weighted by Gasteiger charge is 2.28. The van der Waals surface area contributed by atoms with E-state index >= 15 is 0 Å². The molecule has 0 aromatic carbocycles. The van der Waals surface area contributed by atoms with Gasteiger partial charge in [0.15, 0.2) is 0 Å². The Hall–Kier alpha value is -0.980. The highest BCUT2D eigenvalue weighted by molar-refractivity contribution is 5.74. The van der Waals surface area contributed by atoms with Gasteiger partial charge in [-0.15, -0.1) is 0 Å². The molecule has 1 fully saturated rings. The van der Waals surface area contributed by atoms with Gasteiger partial charge >= 0.3 is 12.2 Å². The van der Waals surface area contributed by atoms with E-state index in [-0.39, 0.29) is 6.04 Å². The Morgan fingerprint density at radius 3 is 2.53 bits per heavy atom. The van der Waals surface area contributed by atoms with Crippen LogP contribution in [-0.2, 0) is 0 Å². The number of rotatable bonds is 3. The molecule has 1 rings (SSSR count). The second-order valence-electron chi connectivity index (χ2n) is 4.32. The van der Waals surface area contributed by atoms with Crippen LogP contribution in [0.5, 0.6) is 0 Å². The highest BCUT2D eigenvalue weighted by Crippen LogP contribution is 2.16. The number of halogens is 3. The van der Waals surface area contributed by atoms with Crippen LogP contribution in [0.3, 0.4) is 0 Å². The number of carbonyl (C=O) groups excluding carboxylic acids is 1. The van der Waals surface area contributed by atoms with Crippen molar-refractivity contribution < 1.29 is 18.0 Å². The Balaban J connectivity index is 2.25. The largest absolute Gasteiger partial charge is 0.405 e. The van der Waals surface area contributed by atoms with Gasteiger partial charge in [0.05, 0.1) is 0 Å². The van der Waals surface area contributed by atoms with Crippen LogP contribution in [0.4, 0.5) is 18.0 Å². The summed E-state index contributed by atoms with van der Waals surface area (Å²) in [4.78, 5) is 11.2. The summed E-state index contributed by atoms with van der Waals surface area (Å²) >= 11 is 0. The van der Waals surface area contributed by atoms with Crippen LogP contribution in [0.2, 0.25) is 0 Å². The molecule has 1 atom stereocenters. The molecule has 100 valence electrons. The van der Waals surface area contributed by atoms with E-state index in [4.69, 9.17) is 0 Å².